The molecule has 2 N–H and O–H groups in total. The molecular weight excluding hydrogens is 410 g/mol. The van der Waals surface area contributed by atoms with Crippen molar-refractivity contribution in [2.45, 2.75) is 58.9 Å². The third kappa shape index (κ3) is 9.26. The maximum Gasteiger partial charge on any atom is 0.307 e. The van der Waals surface area contributed by atoms with E-state index in [4.69, 9.17) is 9.47 Å². The number of nitrogens with zero attached hydrogens (tertiary/aromatic N) is 1. The van der Waals surface area contributed by atoms with E-state index < -0.39 is 12.0 Å². The van der Waals surface area contributed by atoms with E-state index in [-0.39, 0.29) is 30.7 Å². The van der Waals surface area contributed by atoms with Gasteiger partial charge in [-0.3, -0.25) is 19.3 Å². The highest BCUT2D eigenvalue weighted by Crippen LogP contribution is 2.18. The highest BCUT2D eigenvalue weighted by molar-refractivity contribution is 5.93. The summed E-state index contributed by atoms with van der Waals surface area (Å²) in [4.78, 5) is 38.8. The minimum Gasteiger partial charge on any atom is -0.494 e. The Bertz CT molecular complexity index is 753. The molecule has 1 aromatic carbocycles. The SMILES string of the molecule is CCCCCCOc1cccc(NC(=O)CN2CCNC(=O)C2CC(=O)OCC(C)C)c1. The zero-order valence-corrected chi connectivity index (χ0v) is 19.5. The van der Waals surface area contributed by atoms with Gasteiger partial charge in [-0.25, -0.2) is 0 Å². The van der Waals surface area contributed by atoms with E-state index >= 15 is 0 Å². The van der Waals surface area contributed by atoms with Gasteiger partial charge >= 0.3 is 5.97 Å². The number of ether oxygens (including phenoxy) is 2. The van der Waals surface area contributed by atoms with Gasteiger partial charge in [0, 0.05) is 24.8 Å². The number of esters is 1. The van der Waals surface area contributed by atoms with Crippen LogP contribution in [0.3, 0.4) is 0 Å². The number of rotatable bonds is 13. The zero-order valence-electron chi connectivity index (χ0n) is 19.5. The summed E-state index contributed by atoms with van der Waals surface area (Å²) in [5.74, 6) is -0.0150. The third-order valence-electron chi connectivity index (χ3n) is 5.11. The summed E-state index contributed by atoms with van der Waals surface area (Å²) in [6.45, 7) is 7.96. The van der Waals surface area contributed by atoms with E-state index in [9.17, 15) is 14.4 Å². The number of amides is 2. The van der Waals surface area contributed by atoms with Crippen molar-refractivity contribution in [2.75, 3.05) is 38.2 Å². The number of piperazine rings is 1. The average Bonchev–Trinajstić information content (AvgIpc) is 2.75. The van der Waals surface area contributed by atoms with Gasteiger partial charge in [0.05, 0.1) is 26.2 Å². The fourth-order valence-electron chi connectivity index (χ4n) is 3.42. The topological polar surface area (TPSA) is 97.0 Å². The van der Waals surface area contributed by atoms with Gasteiger partial charge < -0.3 is 20.1 Å². The molecule has 2 amide bonds. The monoisotopic (exact) mass is 447 g/mol. The number of hydrogen-bond donors (Lipinski definition) is 2. The predicted molar refractivity (Wildman–Crippen MR) is 123 cm³/mol. The van der Waals surface area contributed by atoms with Gasteiger partial charge in [-0.05, 0) is 24.5 Å². The van der Waals surface area contributed by atoms with Gasteiger partial charge in [0.25, 0.3) is 0 Å². The first-order valence-electron chi connectivity index (χ1n) is 11.6. The molecule has 2 rings (SSSR count). The second kappa shape index (κ2) is 13.7. The van der Waals surface area contributed by atoms with Crippen LogP contribution in [0.15, 0.2) is 24.3 Å². The maximum absolute atomic E-state index is 12.6. The molecule has 1 fully saturated rings. The lowest BCUT2D eigenvalue weighted by atomic mass is 10.1. The molecular formula is C24H37N3O5. The van der Waals surface area contributed by atoms with Gasteiger partial charge in [-0.1, -0.05) is 46.1 Å². The summed E-state index contributed by atoms with van der Waals surface area (Å²) < 4.78 is 11.0. The second-order valence-electron chi connectivity index (χ2n) is 8.54. The molecule has 178 valence electrons. The first-order valence-corrected chi connectivity index (χ1v) is 11.6. The van der Waals surface area contributed by atoms with Crippen LogP contribution in [0.1, 0.15) is 52.9 Å². The molecule has 0 aromatic heterocycles. The quantitative estimate of drug-likeness (QED) is 0.356. The molecule has 1 heterocycles. The standard InChI is InChI=1S/C24H37N3O5/c1-4-5-6-7-13-31-20-10-8-9-19(14-20)26-22(28)16-27-12-11-25-24(30)21(27)15-23(29)32-17-18(2)3/h8-10,14,18,21H,4-7,11-13,15-17H2,1-3H3,(H,25,30)(H,26,28). The molecule has 1 saturated heterocycles. The van der Waals surface area contributed by atoms with Crippen molar-refractivity contribution in [3.63, 3.8) is 0 Å². The Labute approximate surface area is 191 Å². The molecule has 8 heteroatoms. The summed E-state index contributed by atoms with van der Waals surface area (Å²) in [5, 5.41) is 5.62. The Morgan fingerprint density at radius 3 is 2.81 bits per heavy atom. The Kier molecular flexibility index (Phi) is 11.0. The van der Waals surface area contributed by atoms with Crippen LogP contribution < -0.4 is 15.4 Å². The molecule has 32 heavy (non-hydrogen) atoms. The molecule has 1 atom stereocenters. The summed E-state index contributed by atoms with van der Waals surface area (Å²) in [6.07, 6.45) is 4.45. The maximum atomic E-state index is 12.6. The Morgan fingerprint density at radius 2 is 2.06 bits per heavy atom. The minimum atomic E-state index is -0.716. The zero-order chi connectivity index (χ0) is 23.3. The molecule has 0 bridgehead atoms. The molecule has 1 aromatic rings. The van der Waals surface area contributed by atoms with Crippen LogP contribution in [0.5, 0.6) is 5.75 Å². The summed E-state index contributed by atoms with van der Waals surface area (Å²) in [6, 6.07) is 6.57. The van der Waals surface area contributed by atoms with Crippen LogP contribution in [0.4, 0.5) is 5.69 Å². The first-order chi connectivity index (χ1) is 15.4. The van der Waals surface area contributed by atoms with Gasteiger partial charge in [0.2, 0.25) is 11.8 Å². The van der Waals surface area contributed by atoms with Crippen molar-refractivity contribution in [1.29, 1.82) is 0 Å². The van der Waals surface area contributed by atoms with Crippen LogP contribution in [0, 0.1) is 5.92 Å². The summed E-state index contributed by atoms with van der Waals surface area (Å²) in [7, 11) is 0. The summed E-state index contributed by atoms with van der Waals surface area (Å²) in [5.41, 5.74) is 0.635. The van der Waals surface area contributed by atoms with E-state index in [0.29, 0.717) is 37.7 Å². The molecule has 1 aliphatic rings. The minimum absolute atomic E-state index is 0.0116. The largest absolute Gasteiger partial charge is 0.494 e. The van der Waals surface area contributed by atoms with Gasteiger partial charge in [0.1, 0.15) is 11.8 Å². The van der Waals surface area contributed by atoms with E-state index in [1.807, 2.05) is 26.0 Å². The third-order valence-corrected chi connectivity index (χ3v) is 5.11. The van der Waals surface area contributed by atoms with Crippen molar-refractivity contribution >= 4 is 23.5 Å². The predicted octanol–water partition coefficient (Wildman–Crippen LogP) is 2.97. The lowest BCUT2D eigenvalue weighted by Gasteiger charge is -2.33. The molecule has 0 spiro atoms. The van der Waals surface area contributed by atoms with E-state index in [0.717, 1.165) is 12.8 Å². The number of anilines is 1. The number of nitrogens with one attached hydrogen (secondary N) is 2. The van der Waals surface area contributed by atoms with Crippen molar-refractivity contribution in [1.82, 2.24) is 10.2 Å². The number of carbonyl (C=O) groups is 3. The highest BCUT2D eigenvalue weighted by Gasteiger charge is 2.33. The fourth-order valence-corrected chi connectivity index (χ4v) is 3.42. The molecule has 0 saturated carbocycles. The molecule has 1 aliphatic heterocycles. The number of carbonyl (C=O) groups excluding carboxylic acids is 3. The molecule has 0 aliphatic carbocycles. The fraction of sp³-hybridized carbons (Fsp3) is 0.625. The van der Waals surface area contributed by atoms with E-state index in [1.165, 1.54) is 12.8 Å². The first kappa shape index (κ1) is 25.6. The van der Waals surface area contributed by atoms with Crippen molar-refractivity contribution in [3.05, 3.63) is 24.3 Å². The van der Waals surface area contributed by atoms with Gasteiger partial charge in [0.15, 0.2) is 0 Å². The number of hydrogen-bond acceptors (Lipinski definition) is 6. The molecule has 8 nitrogen and oxygen atoms in total. The molecule has 1 unspecified atom stereocenters. The smallest absolute Gasteiger partial charge is 0.307 e. The van der Waals surface area contributed by atoms with Crippen molar-refractivity contribution < 1.29 is 23.9 Å². The Balaban J connectivity index is 1.87. The van der Waals surface area contributed by atoms with Crippen molar-refractivity contribution in [3.8, 4) is 5.75 Å². The van der Waals surface area contributed by atoms with E-state index in [1.54, 1.807) is 17.0 Å². The Morgan fingerprint density at radius 1 is 1.25 bits per heavy atom. The average molecular weight is 448 g/mol. The number of benzene rings is 1. The van der Waals surface area contributed by atoms with Crippen LogP contribution in [0.25, 0.3) is 0 Å². The second-order valence-corrected chi connectivity index (χ2v) is 8.54. The van der Waals surface area contributed by atoms with Gasteiger partial charge in [-0.2, -0.15) is 0 Å². The van der Waals surface area contributed by atoms with Crippen LogP contribution >= 0.6 is 0 Å². The highest BCUT2D eigenvalue weighted by atomic mass is 16.5. The van der Waals surface area contributed by atoms with Crippen LogP contribution in [-0.2, 0) is 19.1 Å². The normalized spacial score (nSPS) is 16.5. The molecule has 0 radical (unpaired) electrons. The summed E-state index contributed by atoms with van der Waals surface area (Å²) >= 11 is 0. The lowest BCUT2D eigenvalue weighted by Crippen LogP contribution is -2.57. The Hall–Kier alpha value is -2.61. The van der Waals surface area contributed by atoms with Crippen molar-refractivity contribution in [2.24, 2.45) is 5.92 Å². The van der Waals surface area contributed by atoms with Crippen LogP contribution in [-0.4, -0.2) is 61.6 Å². The van der Waals surface area contributed by atoms with E-state index in [2.05, 4.69) is 17.6 Å². The van der Waals surface area contributed by atoms with Crippen LogP contribution in [0.2, 0.25) is 0 Å². The number of unbranched alkanes of at least 4 members (excludes halogenated alkanes) is 3. The van der Waals surface area contributed by atoms with Gasteiger partial charge in [-0.15, -0.1) is 0 Å². The lowest BCUT2D eigenvalue weighted by molar-refractivity contribution is -0.149.